The Morgan fingerprint density at radius 2 is 1.70 bits per heavy atom. The van der Waals surface area contributed by atoms with Crippen molar-refractivity contribution < 1.29 is 18.4 Å². The van der Waals surface area contributed by atoms with Crippen molar-refractivity contribution in [2.24, 2.45) is 0 Å². The summed E-state index contributed by atoms with van der Waals surface area (Å²) in [6, 6.07) is 23.1. The summed E-state index contributed by atoms with van der Waals surface area (Å²) in [7, 11) is -3.27. The summed E-state index contributed by atoms with van der Waals surface area (Å²) in [5.74, 6) is -0.0485. The zero-order valence-corrected chi connectivity index (χ0v) is 22.0. The Morgan fingerprint density at radius 1 is 1.06 bits per heavy atom. The summed E-state index contributed by atoms with van der Waals surface area (Å²) >= 11 is 0. The fraction of sp³-hybridized carbons (Fsp3) is 0.385. The second kappa shape index (κ2) is 12.7. The van der Waals surface area contributed by atoms with Crippen LogP contribution in [0.2, 0.25) is 12.1 Å². The molecule has 0 N–H and O–H groups in total. The monoisotopic (exact) mass is 481 g/mol. The highest BCUT2D eigenvalue weighted by atomic mass is 28.4. The van der Waals surface area contributed by atoms with Gasteiger partial charge in [0, 0.05) is 25.1 Å². The number of carbonyl (C=O) groups is 2. The van der Waals surface area contributed by atoms with Crippen LogP contribution in [0.4, 0.5) is 0 Å². The first-order valence-corrected chi connectivity index (χ1v) is 15.6. The topological polar surface area (TPSA) is 55.8 Å². The van der Waals surface area contributed by atoms with Gasteiger partial charge in [0.2, 0.25) is 14.2 Å². The maximum absolute atomic E-state index is 12.1. The van der Waals surface area contributed by atoms with Crippen LogP contribution in [0.15, 0.2) is 72.8 Å². The zero-order chi connectivity index (χ0) is 23.5. The van der Waals surface area contributed by atoms with Crippen LogP contribution < -0.4 is 10.4 Å². The van der Waals surface area contributed by atoms with Crippen molar-refractivity contribution in [3.63, 3.8) is 0 Å². The van der Waals surface area contributed by atoms with Crippen molar-refractivity contribution in [3.8, 4) is 0 Å². The highest BCUT2D eigenvalue weighted by molar-refractivity contribution is 6.99. The number of carbonyl (C=O) groups excluding carboxylic acids is 2. The minimum Gasteiger partial charge on any atom is -0.462 e. The van der Waals surface area contributed by atoms with E-state index >= 15 is 0 Å². The SMILES string of the molecule is C=C(C)C(=O)OCCC[SiH2]O[Si](CCCN1CCCC1=O)(c1ccccc1)c1ccccc1. The largest absolute Gasteiger partial charge is 0.462 e. The van der Waals surface area contributed by atoms with E-state index in [1.165, 1.54) is 10.4 Å². The third-order valence-corrected chi connectivity index (χ3v) is 13.2. The van der Waals surface area contributed by atoms with Crippen LogP contribution in [0.1, 0.15) is 32.6 Å². The lowest BCUT2D eigenvalue weighted by atomic mass is 10.4. The van der Waals surface area contributed by atoms with Crippen LogP contribution >= 0.6 is 0 Å². The maximum Gasteiger partial charge on any atom is 0.333 e. The molecule has 2 aromatic rings. The van der Waals surface area contributed by atoms with Crippen LogP contribution in [0.25, 0.3) is 0 Å². The van der Waals surface area contributed by atoms with E-state index in [1.807, 2.05) is 17.0 Å². The van der Waals surface area contributed by atoms with Crippen molar-refractivity contribution >= 4 is 40.3 Å². The molecule has 5 nitrogen and oxygen atoms in total. The maximum atomic E-state index is 12.1. The Morgan fingerprint density at radius 3 is 2.24 bits per heavy atom. The molecule has 1 aliphatic heterocycles. The summed E-state index contributed by atoms with van der Waals surface area (Å²) in [5, 5.41) is 2.57. The molecule has 0 spiro atoms. The Bertz CT molecular complexity index is 881. The third-order valence-electron chi connectivity index (χ3n) is 6.08. The van der Waals surface area contributed by atoms with Crippen LogP contribution in [0.3, 0.4) is 0 Å². The van der Waals surface area contributed by atoms with Gasteiger partial charge in [0.1, 0.15) is 9.76 Å². The van der Waals surface area contributed by atoms with Gasteiger partial charge in [-0.1, -0.05) is 67.2 Å². The van der Waals surface area contributed by atoms with Crippen molar-refractivity contribution in [3.05, 3.63) is 72.8 Å². The second-order valence-corrected chi connectivity index (χ2v) is 14.2. The van der Waals surface area contributed by atoms with Gasteiger partial charge in [-0.2, -0.15) is 0 Å². The lowest BCUT2D eigenvalue weighted by Crippen LogP contribution is -2.61. The molecule has 7 heteroatoms. The Hall–Kier alpha value is -2.49. The summed E-state index contributed by atoms with van der Waals surface area (Å²) in [5.41, 5.74) is 0.430. The fourth-order valence-electron chi connectivity index (χ4n) is 4.31. The van der Waals surface area contributed by atoms with E-state index < -0.39 is 18.1 Å². The Kier molecular flexibility index (Phi) is 9.66. The summed E-state index contributed by atoms with van der Waals surface area (Å²) in [6.07, 6.45) is 3.39. The predicted octanol–water partition coefficient (Wildman–Crippen LogP) is 2.79. The second-order valence-electron chi connectivity index (χ2n) is 8.62. The lowest BCUT2D eigenvalue weighted by Gasteiger charge is -2.34. The van der Waals surface area contributed by atoms with E-state index in [0.717, 1.165) is 44.4 Å². The van der Waals surface area contributed by atoms with E-state index in [2.05, 4.69) is 55.1 Å². The van der Waals surface area contributed by atoms with E-state index in [-0.39, 0.29) is 11.9 Å². The summed E-state index contributed by atoms with van der Waals surface area (Å²) < 4.78 is 12.2. The lowest BCUT2D eigenvalue weighted by molar-refractivity contribution is -0.139. The molecule has 1 saturated heterocycles. The smallest absolute Gasteiger partial charge is 0.333 e. The molecule has 0 bridgehead atoms. The first-order chi connectivity index (χ1) is 16.0. The third kappa shape index (κ3) is 7.00. The average molecular weight is 482 g/mol. The first kappa shape index (κ1) is 25.1. The number of esters is 1. The van der Waals surface area contributed by atoms with Crippen molar-refractivity contribution in [1.29, 1.82) is 0 Å². The number of benzene rings is 2. The van der Waals surface area contributed by atoms with Gasteiger partial charge in [0.15, 0.2) is 0 Å². The van der Waals surface area contributed by atoms with Gasteiger partial charge in [0.05, 0.1) is 6.61 Å². The van der Waals surface area contributed by atoms with Gasteiger partial charge in [-0.05, 0) is 48.6 Å². The molecule has 1 fully saturated rings. The van der Waals surface area contributed by atoms with Gasteiger partial charge < -0.3 is 13.8 Å². The zero-order valence-electron chi connectivity index (χ0n) is 19.6. The molecule has 0 aromatic heterocycles. The number of hydrogen-bond acceptors (Lipinski definition) is 4. The van der Waals surface area contributed by atoms with Crippen molar-refractivity contribution in [2.75, 3.05) is 19.7 Å². The molecule has 176 valence electrons. The van der Waals surface area contributed by atoms with Crippen LogP contribution in [-0.4, -0.2) is 54.6 Å². The van der Waals surface area contributed by atoms with Crippen LogP contribution in [-0.2, 0) is 18.4 Å². The first-order valence-electron chi connectivity index (χ1n) is 11.9. The molecule has 33 heavy (non-hydrogen) atoms. The molecular weight excluding hydrogens is 446 g/mol. The van der Waals surface area contributed by atoms with Gasteiger partial charge in [-0.3, -0.25) is 4.79 Å². The molecule has 1 amide bonds. The van der Waals surface area contributed by atoms with E-state index in [9.17, 15) is 9.59 Å². The molecular formula is C26H35NO4Si2. The number of rotatable bonds is 13. The van der Waals surface area contributed by atoms with Crippen LogP contribution in [0.5, 0.6) is 0 Å². The van der Waals surface area contributed by atoms with Crippen LogP contribution in [0, 0.1) is 0 Å². The number of amides is 1. The van der Waals surface area contributed by atoms with E-state index in [0.29, 0.717) is 18.6 Å². The fourth-order valence-corrected chi connectivity index (χ4v) is 11.6. The quantitative estimate of drug-likeness (QED) is 0.191. The minimum atomic E-state index is -2.44. The van der Waals surface area contributed by atoms with Gasteiger partial charge in [-0.25, -0.2) is 4.79 Å². The summed E-state index contributed by atoms with van der Waals surface area (Å²) in [4.78, 5) is 25.7. The highest BCUT2D eigenvalue weighted by Gasteiger charge is 2.38. The standard InChI is InChI=1S/C26H35NO4Si2/c1-22(2)26(29)30-19-11-20-32-31-33(23-12-5-3-6-13-23,24-14-7-4-8-15-24)21-10-18-27-17-9-16-25(27)28/h3-8,12-15H,1,9-11,16-21,32H2,2H3. The normalized spacial score (nSPS) is 14.2. The molecule has 0 radical (unpaired) electrons. The molecule has 1 aliphatic rings. The average Bonchev–Trinajstić information content (AvgIpc) is 3.25. The molecule has 0 atom stereocenters. The van der Waals surface area contributed by atoms with Gasteiger partial charge in [-0.15, -0.1) is 0 Å². The minimum absolute atomic E-state index is 0.279. The van der Waals surface area contributed by atoms with Crippen molar-refractivity contribution in [1.82, 2.24) is 4.90 Å². The molecule has 0 unspecified atom stereocenters. The Labute approximate surface area is 200 Å². The number of hydrogen-bond donors (Lipinski definition) is 0. The highest BCUT2D eigenvalue weighted by Crippen LogP contribution is 2.19. The van der Waals surface area contributed by atoms with E-state index in [1.54, 1.807) is 6.92 Å². The van der Waals surface area contributed by atoms with Crippen molar-refractivity contribution in [2.45, 2.75) is 44.7 Å². The molecule has 3 rings (SSSR count). The Balaban J connectivity index is 1.71. The molecule has 1 heterocycles. The van der Waals surface area contributed by atoms with Gasteiger partial charge in [0.25, 0.3) is 0 Å². The summed E-state index contributed by atoms with van der Waals surface area (Å²) in [6.45, 7) is 7.37. The predicted molar refractivity (Wildman–Crippen MR) is 138 cm³/mol. The molecule has 0 saturated carbocycles. The number of likely N-dealkylation sites (tertiary alicyclic amines) is 1. The van der Waals surface area contributed by atoms with E-state index in [4.69, 9.17) is 8.85 Å². The number of nitrogens with zero attached hydrogens (tertiary/aromatic N) is 1. The number of ether oxygens (including phenoxy) is 1. The molecule has 0 aliphatic carbocycles. The molecule has 2 aromatic carbocycles. The van der Waals surface area contributed by atoms with Gasteiger partial charge >= 0.3 is 5.97 Å².